The summed E-state index contributed by atoms with van der Waals surface area (Å²) in [7, 11) is 1.73. The molecule has 1 atom stereocenters. The van der Waals surface area contributed by atoms with Gasteiger partial charge in [-0.15, -0.1) is 0 Å². The van der Waals surface area contributed by atoms with E-state index in [4.69, 9.17) is 0 Å². The normalized spacial score (nSPS) is 12.3. The fourth-order valence-electron chi connectivity index (χ4n) is 0.746. The van der Waals surface area contributed by atoms with Gasteiger partial charge in [0.25, 0.3) is 0 Å². The molecule has 0 rings (SSSR count). The highest BCUT2D eigenvalue weighted by Gasteiger charge is 2.12. The molecule has 0 spiro atoms. The maximum atomic E-state index is 10.8. The summed E-state index contributed by atoms with van der Waals surface area (Å²) in [5.41, 5.74) is 0. The fourth-order valence-corrected chi connectivity index (χ4v) is 0.746. The van der Waals surface area contributed by atoms with E-state index in [-0.39, 0.29) is 11.7 Å². The van der Waals surface area contributed by atoms with E-state index in [1.807, 2.05) is 0 Å². The lowest BCUT2D eigenvalue weighted by molar-refractivity contribution is -0.125. The van der Waals surface area contributed by atoms with Gasteiger partial charge >= 0.3 is 0 Å². The zero-order valence-corrected chi connectivity index (χ0v) is 7.10. The molecule has 4 heteroatoms. The highest BCUT2D eigenvalue weighted by Crippen LogP contribution is 1.83. The van der Waals surface area contributed by atoms with Crippen molar-refractivity contribution in [3.63, 3.8) is 0 Å². The average Bonchev–Trinajstić information content (AvgIpc) is 1.86. The van der Waals surface area contributed by atoms with E-state index in [0.29, 0.717) is 6.54 Å². The first-order valence-electron chi connectivity index (χ1n) is 3.50. The van der Waals surface area contributed by atoms with E-state index >= 15 is 0 Å². The smallest absolute Gasteiger partial charge is 0.217 e. The van der Waals surface area contributed by atoms with E-state index in [0.717, 1.165) is 0 Å². The summed E-state index contributed by atoms with van der Waals surface area (Å²) in [6.45, 7) is 3.33. The van der Waals surface area contributed by atoms with Crippen molar-refractivity contribution in [3.05, 3.63) is 0 Å². The van der Waals surface area contributed by atoms with Crippen LogP contribution in [0.4, 0.5) is 0 Å². The van der Waals surface area contributed by atoms with E-state index in [9.17, 15) is 9.59 Å². The topological polar surface area (TPSA) is 58.2 Å². The highest BCUT2D eigenvalue weighted by molar-refractivity contribution is 5.86. The van der Waals surface area contributed by atoms with Crippen molar-refractivity contribution in [2.45, 2.75) is 19.9 Å². The number of carbonyl (C=O) groups excluding carboxylic acids is 2. The maximum absolute atomic E-state index is 10.8. The molecule has 0 radical (unpaired) electrons. The fraction of sp³-hybridized carbons (Fsp3) is 0.714. The molecule has 1 amide bonds. The molecule has 0 aromatic heterocycles. The molecule has 0 aromatic carbocycles. The molecule has 0 aliphatic carbocycles. The second kappa shape index (κ2) is 4.85. The third kappa shape index (κ3) is 4.50. The first kappa shape index (κ1) is 10.1. The van der Waals surface area contributed by atoms with Crippen LogP contribution in [0.2, 0.25) is 0 Å². The standard InChI is InChI=1S/C7H14N2O2/c1-5(10)7(4-8-3)9-6(2)11/h7-8H,4H2,1-3H3,(H,9,11). The molecule has 0 aliphatic rings. The number of carbonyl (C=O) groups is 2. The molecule has 0 heterocycles. The zero-order chi connectivity index (χ0) is 8.85. The molecule has 11 heavy (non-hydrogen) atoms. The number of likely N-dealkylation sites (N-methyl/N-ethyl adjacent to an activating group) is 1. The average molecular weight is 158 g/mol. The van der Waals surface area contributed by atoms with Crippen molar-refractivity contribution in [2.24, 2.45) is 0 Å². The van der Waals surface area contributed by atoms with Gasteiger partial charge in [-0.1, -0.05) is 0 Å². The second-order valence-corrected chi connectivity index (χ2v) is 2.42. The van der Waals surface area contributed by atoms with Crippen molar-refractivity contribution in [1.29, 1.82) is 0 Å². The number of nitrogens with one attached hydrogen (secondary N) is 2. The Morgan fingerprint density at radius 1 is 1.36 bits per heavy atom. The van der Waals surface area contributed by atoms with Gasteiger partial charge in [0.1, 0.15) is 0 Å². The number of ketones is 1. The van der Waals surface area contributed by atoms with E-state index in [1.165, 1.54) is 13.8 Å². The van der Waals surface area contributed by atoms with Crippen LogP contribution in [0.25, 0.3) is 0 Å². The Labute approximate surface area is 66.4 Å². The van der Waals surface area contributed by atoms with Gasteiger partial charge in [-0.25, -0.2) is 0 Å². The van der Waals surface area contributed by atoms with Crippen LogP contribution in [0.15, 0.2) is 0 Å². The van der Waals surface area contributed by atoms with Gasteiger partial charge in [0.15, 0.2) is 5.78 Å². The first-order chi connectivity index (χ1) is 5.07. The Bertz CT molecular complexity index is 157. The Balaban J connectivity index is 3.89. The molecule has 1 unspecified atom stereocenters. The zero-order valence-electron chi connectivity index (χ0n) is 7.10. The van der Waals surface area contributed by atoms with E-state index < -0.39 is 6.04 Å². The molecule has 0 aliphatic heterocycles. The van der Waals surface area contributed by atoms with Crippen molar-refractivity contribution in [2.75, 3.05) is 13.6 Å². The number of hydrogen-bond acceptors (Lipinski definition) is 3. The van der Waals surface area contributed by atoms with Crippen LogP contribution in [0.5, 0.6) is 0 Å². The summed E-state index contributed by atoms with van der Waals surface area (Å²) in [5.74, 6) is -0.213. The SMILES string of the molecule is CNCC(NC(C)=O)C(C)=O. The molecule has 0 fully saturated rings. The molecular formula is C7H14N2O2. The van der Waals surface area contributed by atoms with Gasteiger partial charge in [-0.05, 0) is 14.0 Å². The summed E-state index contributed by atoms with van der Waals surface area (Å²) in [6.07, 6.45) is 0. The predicted octanol–water partition coefficient (Wildman–Crippen LogP) is -0.701. The van der Waals surface area contributed by atoms with Crippen LogP contribution < -0.4 is 10.6 Å². The Morgan fingerprint density at radius 3 is 2.18 bits per heavy atom. The number of Topliss-reactive ketones (excluding diaryl/α,β-unsaturated/α-hetero) is 1. The minimum Gasteiger partial charge on any atom is -0.345 e. The van der Waals surface area contributed by atoms with E-state index in [2.05, 4.69) is 10.6 Å². The van der Waals surface area contributed by atoms with Crippen LogP contribution in [-0.2, 0) is 9.59 Å². The molecule has 0 aromatic rings. The molecule has 0 saturated carbocycles. The Morgan fingerprint density at radius 2 is 1.91 bits per heavy atom. The molecule has 0 bridgehead atoms. The summed E-state index contributed by atoms with van der Waals surface area (Å²) >= 11 is 0. The van der Waals surface area contributed by atoms with Gasteiger partial charge in [-0.2, -0.15) is 0 Å². The lowest BCUT2D eigenvalue weighted by Crippen LogP contribution is -2.44. The predicted molar refractivity (Wildman–Crippen MR) is 42.2 cm³/mol. The monoisotopic (exact) mass is 158 g/mol. The van der Waals surface area contributed by atoms with E-state index in [1.54, 1.807) is 7.05 Å². The Hall–Kier alpha value is -0.900. The van der Waals surface area contributed by atoms with Crippen molar-refractivity contribution in [1.82, 2.24) is 10.6 Å². The third-order valence-electron chi connectivity index (χ3n) is 1.28. The number of rotatable bonds is 4. The molecular weight excluding hydrogens is 144 g/mol. The van der Waals surface area contributed by atoms with Crippen molar-refractivity contribution in [3.8, 4) is 0 Å². The maximum Gasteiger partial charge on any atom is 0.217 e. The van der Waals surface area contributed by atoms with Gasteiger partial charge in [0.05, 0.1) is 6.04 Å². The van der Waals surface area contributed by atoms with Gasteiger partial charge in [-0.3, -0.25) is 9.59 Å². The minimum absolute atomic E-state index is 0.0328. The summed E-state index contributed by atoms with van der Waals surface area (Å²) < 4.78 is 0. The highest BCUT2D eigenvalue weighted by atomic mass is 16.2. The summed E-state index contributed by atoms with van der Waals surface area (Å²) in [5, 5.41) is 5.35. The second-order valence-electron chi connectivity index (χ2n) is 2.42. The summed E-state index contributed by atoms with van der Waals surface area (Å²) in [4.78, 5) is 21.4. The van der Waals surface area contributed by atoms with Gasteiger partial charge < -0.3 is 10.6 Å². The van der Waals surface area contributed by atoms with Gasteiger partial charge in [0.2, 0.25) is 5.91 Å². The lowest BCUT2D eigenvalue weighted by Gasteiger charge is -2.13. The summed E-state index contributed by atoms with van der Waals surface area (Å²) in [6, 6.07) is -0.391. The molecule has 0 saturated heterocycles. The lowest BCUT2D eigenvalue weighted by atomic mass is 10.2. The van der Waals surface area contributed by atoms with Crippen LogP contribution in [0, 0.1) is 0 Å². The van der Waals surface area contributed by atoms with Crippen molar-refractivity contribution >= 4 is 11.7 Å². The quantitative estimate of drug-likeness (QED) is 0.568. The third-order valence-corrected chi connectivity index (χ3v) is 1.28. The minimum atomic E-state index is -0.391. The molecule has 64 valence electrons. The van der Waals surface area contributed by atoms with Crippen LogP contribution in [0.3, 0.4) is 0 Å². The van der Waals surface area contributed by atoms with Crippen LogP contribution in [0.1, 0.15) is 13.8 Å². The molecule has 2 N–H and O–H groups in total. The van der Waals surface area contributed by atoms with Crippen molar-refractivity contribution < 1.29 is 9.59 Å². The van der Waals surface area contributed by atoms with Crippen LogP contribution in [-0.4, -0.2) is 31.3 Å². The first-order valence-corrected chi connectivity index (χ1v) is 3.50. The molecule has 4 nitrogen and oxygen atoms in total. The number of hydrogen-bond donors (Lipinski definition) is 2. The Kier molecular flexibility index (Phi) is 4.45. The van der Waals surface area contributed by atoms with Gasteiger partial charge in [0, 0.05) is 13.5 Å². The largest absolute Gasteiger partial charge is 0.345 e. The number of amides is 1. The van der Waals surface area contributed by atoms with Crippen LogP contribution >= 0.6 is 0 Å².